The van der Waals surface area contributed by atoms with Crippen molar-refractivity contribution in [3.05, 3.63) is 54.6 Å². The highest BCUT2D eigenvalue weighted by atomic mass is 16.2. The second-order valence-corrected chi connectivity index (χ2v) is 7.00. The van der Waals surface area contributed by atoms with E-state index in [1.54, 1.807) is 0 Å². The van der Waals surface area contributed by atoms with Gasteiger partial charge in [0.2, 0.25) is 0 Å². The summed E-state index contributed by atoms with van der Waals surface area (Å²) in [6, 6.07) is 18.4. The van der Waals surface area contributed by atoms with E-state index < -0.39 is 0 Å². The summed E-state index contributed by atoms with van der Waals surface area (Å²) in [4.78, 5) is 15.0. The van der Waals surface area contributed by atoms with E-state index in [0.29, 0.717) is 6.54 Å². The van der Waals surface area contributed by atoms with Gasteiger partial charge in [-0.2, -0.15) is 0 Å². The fraction of sp³-hybridized carbons (Fsp3) is 0.350. The number of hydrogen-bond acceptors (Lipinski definition) is 2. The largest absolute Gasteiger partial charge is 0.321 e. The number of fused-ring (bicyclic) bond motifs is 3. The number of anilines is 1. The molecule has 2 aromatic carbocycles. The van der Waals surface area contributed by atoms with Gasteiger partial charge in [-0.1, -0.05) is 42.5 Å². The van der Waals surface area contributed by atoms with Crippen LogP contribution in [0.25, 0.3) is 11.1 Å². The average Bonchev–Trinajstić information content (AvgIpc) is 2.64. The maximum absolute atomic E-state index is 12.5. The van der Waals surface area contributed by atoms with Crippen molar-refractivity contribution in [2.24, 2.45) is 0 Å². The van der Waals surface area contributed by atoms with Crippen LogP contribution in [-0.4, -0.2) is 61.1 Å². The molecule has 4 heteroatoms. The highest BCUT2D eigenvalue weighted by Crippen LogP contribution is 2.22. The zero-order valence-electron chi connectivity index (χ0n) is 13.9. The smallest absolute Gasteiger partial charge is 0.279 e. The number of carbonyl (C=O) groups excluding carboxylic acids is 1. The summed E-state index contributed by atoms with van der Waals surface area (Å²) in [5.74, 6) is 0.137. The molecule has 4 nitrogen and oxygen atoms in total. The van der Waals surface area contributed by atoms with Crippen molar-refractivity contribution in [2.75, 3.05) is 51.1 Å². The molecule has 0 aliphatic carbocycles. The molecule has 0 unspecified atom stereocenters. The maximum Gasteiger partial charge on any atom is 0.279 e. The Balaban J connectivity index is 1.39. The first kappa shape index (κ1) is 15.4. The molecule has 3 aliphatic heterocycles. The van der Waals surface area contributed by atoms with Crippen LogP contribution in [0.1, 0.15) is 0 Å². The van der Waals surface area contributed by atoms with Crippen molar-refractivity contribution >= 4 is 11.6 Å². The van der Waals surface area contributed by atoms with Crippen LogP contribution in [0.3, 0.4) is 0 Å². The van der Waals surface area contributed by atoms with Gasteiger partial charge in [0, 0.05) is 25.3 Å². The van der Waals surface area contributed by atoms with E-state index in [-0.39, 0.29) is 5.91 Å². The third kappa shape index (κ3) is 3.21. The molecule has 24 heavy (non-hydrogen) atoms. The Bertz CT molecular complexity index is 690. The first-order chi connectivity index (χ1) is 11.7. The molecule has 0 aromatic heterocycles. The van der Waals surface area contributed by atoms with Crippen LogP contribution < -0.4 is 5.32 Å². The summed E-state index contributed by atoms with van der Waals surface area (Å²) in [6.07, 6.45) is 0. The van der Waals surface area contributed by atoms with Gasteiger partial charge in [-0.05, 0) is 23.3 Å². The van der Waals surface area contributed by atoms with Crippen LogP contribution in [0.15, 0.2) is 54.6 Å². The summed E-state index contributed by atoms with van der Waals surface area (Å²) in [5.41, 5.74) is 3.25. The molecule has 0 radical (unpaired) electrons. The topological polar surface area (TPSA) is 32.3 Å². The number of quaternary nitrogens is 1. The maximum atomic E-state index is 12.5. The van der Waals surface area contributed by atoms with Crippen LogP contribution >= 0.6 is 0 Å². The minimum Gasteiger partial charge on any atom is -0.321 e. The van der Waals surface area contributed by atoms with E-state index in [1.165, 1.54) is 11.1 Å². The number of benzene rings is 2. The molecule has 1 amide bonds. The number of piperazine rings is 3. The number of amides is 1. The fourth-order valence-corrected chi connectivity index (χ4v) is 3.85. The molecular weight excluding hydrogens is 298 g/mol. The highest BCUT2D eigenvalue weighted by molar-refractivity contribution is 5.91. The lowest BCUT2D eigenvalue weighted by atomic mass is 10.1. The molecule has 0 saturated carbocycles. The van der Waals surface area contributed by atoms with Gasteiger partial charge < -0.3 is 9.80 Å². The van der Waals surface area contributed by atoms with Crippen molar-refractivity contribution in [3.63, 3.8) is 0 Å². The molecule has 0 atom stereocenters. The molecule has 1 N–H and O–H groups in total. The monoisotopic (exact) mass is 322 g/mol. The van der Waals surface area contributed by atoms with Gasteiger partial charge in [-0.3, -0.25) is 9.69 Å². The number of rotatable bonds is 4. The molecule has 5 rings (SSSR count). The van der Waals surface area contributed by atoms with Crippen LogP contribution in [0, 0.1) is 0 Å². The van der Waals surface area contributed by atoms with Crippen molar-refractivity contribution in [1.82, 2.24) is 4.90 Å². The minimum atomic E-state index is 0.137. The third-order valence-corrected chi connectivity index (χ3v) is 5.43. The Morgan fingerprint density at radius 3 is 2.08 bits per heavy atom. The normalized spacial score (nSPS) is 25.4. The first-order valence-corrected chi connectivity index (χ1v) is 8.75. The molecule has 3 aliphatic rings. The summed E-state index contributed by atoms with van der Waals surface area (Å²) in [6.45, 7) is 7.35. The number of hydrogen-bond donors (Lipinski definition) is 1. The van der Waals surface area contributed by atoms with E-state index in [0.717, 1.165) is 49.4 Å². The van der Waals surface area contributed by atoms with E-state index >= 15 is 0 Å². The van der Waals surface area contributed by atoms with Gasteiger partial charge >= 0.3 is 0 Å². The Morgan fingerprint density at radius 2 is 1.46 bits per heavy atom. The quantitative estimate of drug-likeness (QED) is 0.877. The van der Waals surface area contributed by atoms with Gasteiger partial charge in [0.1, 0.15) is 0 Å². The molecule has 2 aromatic rings. The molecular formula is C20H24N3O+. The van der Waals surface area contributed by atoms with Crippen molar-refractivity contribution in [1.29, 1.82) is 0 Å². The van der Waals surface area contributed by atoms with Gasteiger partial charge in [0.15, 0.2) is 6.54 Å². The van der Waals surface area contributed by atoms with Crippen molar-refractivity contribution in [2.45, 2.75) is 0 Å². The second-order valence-electron chi connectivity index (χ2n) is 7.00. The molecule has 3 fully saturated rings. The van der Waals surface area contributed by atoms with Crippen molar-refractivity contribution in [3.8, 4) is 11.1 Å². The third-order valence-electron chi connectivity index (χ3n) is 5.43. The Hall–Kier alpha value is -2.17. The van der Waals surface area contributed by atoms with Gasteiger partial charge in [-0.25, -0.2) is 0 Å². The van der Waals surface area contributed by atoms with Crippen molar-refractivity contribution < 1.29 is 9.28 Å². The standard InChI is InChI=1S/C20H23N3O/c24-20(16-23-13-10-22(11-14-23)12-15-23)21-19-8-6-18(7-9-19)17-4-2-1-3-5-17/h1-9H,10-16H2/p+1. The minimum absolute atomic E-state index is 0.137. The summed E-state index contributed by atoms with van der Waals surface area (Å²) < 4.78 is 0.963. The molecule has 2 bridgehead atoms. The summed E-state index contributed by atoms with van der Waals surface area (Å²) in [7, 11) is 0. The Morgan fingerprint density at radius 1 is 0.875 bits per heavy atom. The lowest BCUT2D eigenvalue weighted by Crippen LogP contribution is -2.68. The summed E-state index contributed by atoms with van der Waals surface area (Å²) >= 11 is 0. The van der Waals surface area contributed by atoms with Crippen LogP contribution in [-0.2, 0) is 4.79 Å². The van der Waals surface area contributed by atoms with Crippen LogP contribution in [0.5, 0.6) is 0 Å². The Labute approximate surface area is 143 Å². The second kappa shape index (κ2) is 6.38. The number of carbonyl (C=O) groups is 1. The van der Waals surface area contributed by atoms with E-state index in [2.05, 4.69) is 34.5 Å². The summed E-state index contributed by atoms with van der Waals surface area (Å²) in [5, 5.41) is 3.08. The van der Waals surface area contributed by atoms with E-state index in [4.69, 9.17) is 0 Å². The lowest BCUT2D eigenvalue weighted by molar-refractivity contribution is -0.933. The first-order valence-electron chi connectivity index (χ1n) is 8.75. The zero-order valence-corrected chi connectivity index (χ0v) is 13.9. The predicted molar refractivity (Wildman–Crippen MR) is 96.7 cm³/mol. The molecule has 3 heterocycles. The SMILES string of the molecule is O=C(C[N+]12CCN(CC1)CC2)Nc1ccc(-c2ccccc2)cc1. The molecule has 0 spiro atoms. The number of nitrogens with one attached hydrogen (secondary N) is 1. The van der Waals surface area contributed by atoms with Crippen LogP contribution in [0.4, 0.5) is 5.69 Å². The van der Waals surface area contributed by atoms with Gasteiger partial charge in [0.25, 0.3) is 5.91 Å². The predicted octanol–water partition coefficient (Wildman–Crippen LogP) is 2.44. The lowest BCUT2D eigenvalue weighted by Gasteiger charge is -2.50. The number of nitrogens with zero attached hydrogens (tertiary/aromatic N) is 2. The molecule has 3 saturated heterocycles. The fourth-order valence-electron chi connectivity index (χ4n) is 3.85. The van der Waals surface area contributed by atoms with Crippen LogP contribution in [0.2, 0.25) is 0 Å². The zero-order chi connectivity index (χ0) is 16.4. The Kier molecular flexibility index (Phi) is 4.08. The highest BCUT2D eigenvalue weighted by Gasteiger charge is 2.39. The van der Waals surface area contributed by atoms with Gasteiger partial charge in [0.05, 0.1) is 19.6 Å². The van der Waals surface area contributed by atoms with E-state index in [1.807, 2.05) is 30.3 Å². The van der Waals surface area contributed by atoms with E-state index in [9.17, 15) is 4.79 Å². The average molecular weight is 322 g/mol. The van der Waals surface area contributed by atoms with Gasteiger partial charge in [-0.15, -0.1) is 0 Å². The molecule has 124 valence electrons.